The Morgan fingerprint density at radius 1 is 1.56 bits per heavy atom. The number of ether oxygens (including phenoxy) is 1. The summed E-state index contributed by atoms with van der Waals surface area (Å²) in [5.74, 6) is -0.431. The molecule has 0 atom stereocenters. The highest BCUT2D eigenvalue weighted by Crippen LogP contribution is 2.20. The van der Waals surface area contributed by atoms with Crippen molar-refractivity contribution in [1.29, 1.82) is 0 Å². The molecule has 0 saturated carbocycles. The molecule has 1 N–H and O–H groups in total. The summed E-state index contributed by atoms with van der Waals surface area (Å²) < 4.78 is 18.5. The first kappa shape index (κ1) is 13.0. The largest absolute Gasteiger partial charge is 0.444 e. The van der Waals surface area contributed by atoms with Crippen molar-refractivity contribution in [3.8, 4) is 0 Å². The minimum absolute atomic E-state index is 0.106. The zero-order chi connectivity index (χ0) is 12.3. The van der Waals surface area contributed by atoms with E-state index in [1.165, 1.54) is 4.90 Å². The molecule has 0 aromatic carbocycles. The van der Waals surface area contributed by atoms with Crippen LogP contribution in [0.15, 0.2) is 11.4 Å². The first-order valence-corrected chi connectivity index (χ1v) is 5.28. The van der Waals surface area contributed by atoms with Crippen molar-refractivity contribution in [2.24, 2.45) is 0 Å². The number of carbonyl (C=O) groups excluding carboxylic acids is 1. The van der Waals surface area contributed by atoms with Gasteiger partial charge in [-0.25, -0.2) is 9.18 Å². The van der Waals surface area contributed by atoms with Crippen molar-refractivity contribution in [3.63, 3.8) is 0 Å². The molecule has 5 heteroatoms. The monoisotopic (exact) mass is 231 g/mol. The average molecular weight is 231 g/mol. The molecule has 16 heavy (non-hydrogen) atoms. The minimum Gasteiger partial charge on any atom is -0.444 e. The van der Waals surface area contributed by atoms with E-state index in [1.807, 2.05) is 0 Å². The number of rotatable bonds is 1. The quantitative estimate of drug-likeness (QED) is 0.749. The molecule has 0 aromatic heterocycles. The van der Waals surface area contributed by atoms with E-state index in [9.17, 15) is 9.18 Å². The van der Waals surface area contributed by atoms with Gasteiger partial charge in [0.05, 0.1) is 13.2 Å². The van der Waals surface area contributed by atoms with E-state index >= 15 is 0 Å². The van der Waals surface area contributed by atoms with Crippen LogP contribution in [0, 0.1) is 0 Å². The van der Waals surface area contributed by atoms with E-state index in [-0.39, 0.29) is 13.2 Å². The Bertz CT molecular complexity index is 307. The van der Waals surface area contributed by atoms with Crippen LogP contribution in [-0.4, -0.2) is 41.4 Å². The highest BCUT2D eigenvalue weighted by Gasteiger charge is 2.26. The third kappa shape index (κ3) is 3.48. The van der Waals surface area contributed by atoms with Gasteiger partial charge in [0.1, 0.15) is 11.4 Å². The lowest BCUT2D eigenvalue weighted by Gasteiger charge is -2.30. The Morgan fingerprint density at radius 3 is 2.62 bits per heavy atom. The molecular weight excluding hydrogens is 213 g/mol. The number of amides is 1. The van der Waals surface area contributed by atoms with Crippen LogP contribution in [0.3, 0.4) is 0 Å². The van der Waals surface area contributed by atoms with E-state index in [0.29, 0.717) is 18.5 Å². The number of aliphatic hydroxyl groups excluding tert-OH is 1. The average Bonchev–Trinajstić information content (AvgIpc) is 2.15. The summed E-state index contributed by atoms with van der Waals surface area (Å²) in [6, 6.07) is 0. The Morgan fingerprint density at radius 2 is 2.19 bits per heavy atom. The van der Waals surface area contributed by atoms with Crippen molar-refractivity contribution in [2.75, 3.05) is 19.7 Å². The van der Waals surface area contributed by atoms with Crippen LogP contribution in [-0.2, 0) is 4.74 Å². The van der Waals surface area contributed by atoms with Crippen LogP contribution in [0.5, 0.6) is 0 Å². The van der Waals surface area contributed by atoms with Gasteiger partial charge in [0.15, 0.2) is 0 Å². The van der Waals surface area contributed by atoms with Crippen LogP contribution in [0.4, 0.5) is 9.18 Å². The molecule has 0 saturated heterocycles. The van der Waals surface area contributed by atoms with E-state index < -0.39 is 17.5 Å². The van der Waals surface area contributed by atoms with Gasteiger partial charge in [-0.3, -0.25) is 0 Å². The molecule has 0 aliphatic carbocycles. The molecule has 1 amide bonds. The summed E-state index contributed by atoms with van der Waals surface area (Å²) in [4.78, 5) is 12.9. The standard InChI is InChI=1S/C11H18FNO3/c1-11(2,3)16-10(15)13-5-4-8(7-14)9(12)6-13/h14H,4-7H2,1-3H3. The molecule has 0 bridgehead atoms. The first-order chi connectivity index (χ1) is 7.33. The van der Waals surface area contributed by atoms with Crippen molar-refractivity contribution in [1.82, 2.24) is 4.90 Å². The zero-order valence-corrected chi connectivity index (χ0v) is 9.92. The number of halogens is 1. The van der Waals surface area contributed by atoms with Gasteiger partial charge in [-0.1, -0.05) is 0 Å². The van der Waals surface area contributed by atoms with E-state index in [0.717, 1.165) is 0 Å². The summed E-state index contributed by atoms with van der Waals surface area (Å²) >= 11 is 0. The summed E-state index contributed by atoms with van der Waals surface area (Å²) in [5, 5.41) is 8.84. The Balaban J connectivity index is 2.59. The summed E-state index contributed by atoms with van der Waals surface area (Å²) in [6.45, 7) is 5.29. The Hall–Kier alpha value is -1.10. The molecule has 1 heterocycles. The Labute approximate surface area is 94.7 Å². The molecule has 4 nitrogen and oxygen atoms in total. The third-order valence-corrected chi connectivity index (χ3v) is 2.24. The molecule has 1 aliphatic heterocycles. The van der Waals surface area contributed by atoms with Gasteiger partial charge < -0.3 is 14.7 Å². The fourth-order valence-electron chi connectivity index (χ4n) is 1.41. The van der Waals surface area contributed by atoms with Crippen LogP contribution in [0.2, 0.25) is 0 Å². The molecule has 0 fully saturated rings. The van der Waals surface area contributed by atoms with E-state index in [1.54, 1.807) is 20.8 Å². The molecule has 0 spiro atoms. The number of carbonyl (C=O) groups is 1. The topological polar surface area (TPSA) is 49.8 Å². The predicted molar refractivity (Wildman–Crippen MR) is 57.6 cm³/mol. The number of hydrogen-bond acceptors (Lipinski definition) is 3. The van der Waals surface area contributed by atoms with Crippen molar-refractivity contribution < 1.29 is 19.0 Å². The van der Waals surface area contributed by atoms with Gasteiger partial charge in [-0.05, 0) is 32.8 Å². The maximum absolute atomic E-state index is 13.4. The smallest absolute Gasteiger partial charge is 0.410 e. The zero-order valence-electron chi connectivity index (χ0n) is 9.92. The second-order valence-corrected chi connectivity index (χ2v) is 4.82. The number of hydrogen-bond donors (Lipinski definition) is 1. The predicted octanol–water partition coefficient (Wildman–Crippen LogP) is 1.84. The fourth-order valence-corrected chi connectivity index (χ4v) is 1.41. The SMILES string of the molecule is CC(C)(C)OC(=O)N1CCC(CO)=C(F)C1. The van der Waals surface area contributed by atoms with Gasteiger partial charge in [-0.2, -0.15) is 0 Å². The summed E-state index contributed by atoms with van der Waals surface area (Å²) in [6.07, 6.45) is -0.152. The van der Waals surface area contributed by atoms with Crippen LogP contribution < -0.4 is 0 Å². The van der Waals surface area contributed by atoms with Crippen molar-refractivity contribution in [3.05, 3.63) is 11.4 Å². The second kappa shape index (κ2) is 4.82. The van der Waals surface area contributed by atoms with Gasteiger partial charge in [0.25, 0.3) is 0 Å². The molecule has 1 aliphatic rings. The molecular formula is C11H18FNO3. The molecule has 1 rings (SSSR count). The number of aliphatic hydroxyl groups is 1. The first-order valence-electron chi connectivity index (χ1n) is 5.28. The van der Waals surface area contributed by atoms with Gasteiger partial charge in [-0.15, -0.1) is 0 Å². The summed E-state index contributed by atoms with van der Waals surface area (Å²) in [5.41, 5.74) is -0.200. The van der Waals surface area contributed by atoms with Crippen LogP contribution >= 0.6 is 0 Å². The maximum atomic E-state index is 13.4. The highest BCUT2D eigenvalue weighted by molar-refractivity contribution is 5.68. The van der Waals surface area contributed by atoms with Gasteiger partial charge >= 0.3 is 6.09 Å². The van der Waals surface area contributed by atoms with Crippen LogP contribution in [0.1, 0.15) is 27.2 Å². The van der Waals surface area contributed by atoms with Gasteiger partial charge in [0.2, 0.25) is 0 Å². The minimum atomic E-state index is -0.575. The van der Waals surface area contributed by atoms with Crippen LogP contribution in [0.25, 0.3) is 0 Å². The van der Waals surface area contributed by atoms with E-state index in [4.69, 9.17) is 9.84 Å². The van der Waals surface area contributed by atoms with Gasteiger partial charge in [0, 0.05) is 6.54 Å². The maximum Gasteiger partial charge on any atom is 0.410 e. The lowest BCUT2D eigenvalue weighted by molar-refractivity contribution is 0.0244. The molecule has 92 valence electrons. The normalized spacial score (nSPS) is 17.7. The molecule has 0 unspecified atom stereocenters. The third-order valence-electron chi connectivity index (χ3n) is 2.24. The lowest BCUT2D eigenvalue weighted by Crippen LogP contribution is -2.40. The van der Waals surface area contributed by atoms with Crippen molar-refractivity contribution in [2.45, 2.75) is 32.8 Å². The number of nitrogens with zero attached hydrogens (tertiary/aromatic N) is 1. The second-order valence-electron chi connectivity index (χ2n) is 4.82. The lowest BCUT2D eigenvalue weighted by atomic mass is 10.1. The molecule has 0 aromatic rings. The summed E-state index contributed by atoms with van der Waals surface area (Å²) in [7, 11) is 0. The van der Waals surface area contributed by atoms with E-state index in [2.05, 4.69) is 0 Å². The molecule has 0 radical (unpaired) electrons. The fraction of sp³-hybridized carbons (Fsp3) is 0.727. The highest BCUT2D eigenvalue weighted by atomic mass is 19.1. The Kier molecular flexibility index (Phi) is 3.91. The van der Waals surface area contributed by atoms with Crippen molar-refractivity contribution >= 4 is 6.09 Å².